The maximum atomic E-state index is 15.0. The van der Waals surface area contributed by atoms with Gasteiger partial charge in [0.15, 0.2) is 17.3 Å². The number of amides is 11. The van der Waals surface area contributed by atoms with Gasteiger partial charge in [-0.2, -0.15) is 0 Å². The van der Waals surface area contributed by atoms with E-state index in [1.165, 1.54) is 67.5 Å². The van der Waals surface area contributed by atoms with Gasteiger partial charge in [0.25, 0.3) is 11.8 Å². The molecule has 0 bridgehead atoms. The Balaban J connectivity index is 1.51. The summed E-state index contributed by atoms with van der Waals surface area (Å²) in [6.07, 6.45) is 0.300. The number of carbonyl (C=O) groups excluding carboxylic acids is 12. The molecule has 0 unspecified atom stereocenters. The van der Waals surface area contributed by atoms with Crippen molar-refractivity contribution >= 4 is 76.8 Å². The van der Waals surface area contributed by atoms with Crippen LogP contribution in [0.15, 0.2) is 54.6 Å². The largest absolute Gasteiger partial charge is 0.508 e. The van der Waals surface area contributed by atoms with E-state index in [4.69, 9.17) is 29.4 Å². The number of ether oxygens (including phenoxy) is 5. The Morgan fingerprint density at radius 1 is 0.735 bits per heavy atom. The van der Waals surface area contributed by atoms with E-state index in [1.807, 2.05) is 41.5 Å². The number of ketones is 1. The molecule has 2 aromatic carbocycles. The number of likely N-dealkylation sites (tertiary alicyclic amines) is 1. The summed E-state index contributed by atoms with van der Waals surface area (Å²) in [5, 5.41) is 16.3. The van der Waals surface area contributed by atoms with Crippen molar-refractivity contribution in [3.05, 3.63) is 71.6 Å². The van der Waals surface area contributed by atoms with Crippen molar-refractivity contribution in [2.45, 2.75) is 181 Å². The lowest BCUT2D eigenvalue weighted by Gasteiger charge is -2.41. The fraction of sp³-hybridized carbons (Fsp3) is 0.623. The highest BCUT2D eigenvalue weighted by Crippen LogP contribution is 2.32. The minimum atomic E-state index is -1.15. The molecule has 1 saturated heterocycles. The smallest absolute Gasteiger partial charge is 0.494 e. The first-order valence-electron chi connectivity index (χ1n) is 33.4. The number of likely N-dealkylation sites (N-methyl/N-ethyl adjacent to an activating group) is 2. The summed E-state index contributed by atoms with van der Waals surface area (Å²) in [5.74, 6) is -7.79. The van der Waals surface area contributed by atoms with Crippen molar-refractivity contribution in [2.75, 3.05) is 74.0 Å². The van der Waals surface area contributed by atoms with E-state index in [1.54, 1.807) is 58.9 Å². The van der Waals surface area contributed by atoms with Crippen LogP contribution >= 0.6 is 0 Å². The number of Topliss-reactive ketones (excluding diaryl/α,β-unsaturated/α-hetero) is 1. The van der Waals surface area contributed by atoms with Gasteiger partial charge < -0.3 is 71.1 Å². The van der Waals surface area contributed by atoms with Gasteiger partial charge in [0.05, 0.1) is 62.9 Å². The Morgan fingerprint density at radius 2 is 1.39 bits per heavy atom. The number of halogens is 1. The first-order valence-corrected chi connectivity index (χ1v) is 33.4. The number of hydrogen-bond donors (Lipinski definition) is 7. The molecule has 544 valence electrons. The Morgan fingerprint density at radius 3 is 1.95 bits per heavy atom. The van der Waals surface area contributed by atoms with Crippen LogP contribution in [0.25, 0.3) is 0 Å². The molecule has 1 fully saturated rings. The van der Waals surface area contributed by atoms with Gasteiger partial charge in [-0.15, -0.1) is 0 Å². The quantitative estimate of drug-likeness (QED) is 0.0207. The number of unbranched alkanes of at least 4 members (excludes halogenated alkanes) is 2. The molecule has 2 heterocycles. The number of nitrogens with one attached hydrogen (secondary N) is 6. The van der Waals surface area contributed by atoms with Crippen LogP contribution in [-0.2, 0) is 68.7 Å². The lowest BCUT2D eigenvalue weighted by Crippen LogP contribution is -2.59. The zero-order valence-electron chi connectivity index (χ0n) is 59.4. The predicted molar refractivity (Wildman–Crippen MR) is 361 cm³/mol. The van der Waals surface area contributed by atoms with E-state index < -0.39 is 126 Å². The Kier molecular flexibility index (Phi) is 33.2. The number of anilines is 1. The molecule has 98 heavy (non-hydrogen) atoms. The van der Waals surface area contributed by atoms with Crippen LogP contribution in [0.2, 0.25) is 0 Å². The topological polar surface area (TPSA) is 362 Å². The molecule has 11 atom stereocenters. The van der Waals surface area contributed by atoms with E-state index in [0.717, 1.165) is 11.0 Å². The van der Waals surface area contributed by atoms with E-state index in [9.17, 15) is 57.1 Å². The van der Waals surface area contributed by atoms with Crippen LogP contribution in [0.3, 0.4) is 0 Å². The number of rotatable bonds is 40. The van der Waals surface area contributed by atoms with Crippen LogP contribution in [0.1, 0.15) is 136 Å². The first kappa shape index (κ1) is 81.9. The highest BCUT2D eigenvalue weighted by atomic mass is 19.1. The number of hydrogen-bond acceptors (Lipinski definition) is 18. The van der Waals surface area contributed by atoms with Crippen molar-refractivity contribution in [3.8, 4) is 5.75 Å². The Hall–Kier alpha value is -8.57. The predicted octanol–water partition coefficient (Wildman–Crippen LogP) is 4.61. The number of carbonyl (C=O) groups is 12. The third-order valence-electron chi connectivity index (χ3n) is 17.7. The summed E-state index contributed by atoms with van der Waals surface area (Å²) in [7, 11) is 9.27. The monoisotopic (exact) mass is 1380 g/mol. The van der Waals surface area contributed by atoms with Gasteiger partial charge >= 0.3 is 12.2 Å². The second-order valence-electron chi connectivity index (χ2n) is 26.2. The molecule has 4 rings (SSSR count). The molecule has 2 aromatic rings. The third kappa shape index (κ3) is 24.2. The summed E-state index contributed by atoms with van der Waals surface area (Å²) < 4.78 is 43.0. The SMILES string of the molecule is CC[C@H](C)[C@@H]([C@@H](CC(=O)N1C[C@@H](OC(=O)OCc2ccc(NC(=O)[C@H](CCCNC(N)=O)NC(=O)[C@@H](NC(=O)CCCCCN3C(=O)C=CC3=O)C(C)C)cc2)C[C@H]1[C@H](OC)[C@@H](C)C(=O)NCC(=O)c1ccc(OC)c(F)c1)OC)N(C)C(=O)[C@@H](NC(=O)[C@H](C(C)C)N(C)C)C(C)C. The summed E-state index contributed by atoms with van der Waals surface area (Å²) in [6.45, 7) is 15.7. The zero-order chi connectivity index (χ0) is 73.2. The van der Waals surface area contributed by atoms with Crippen LogP contribution in [0.5, 0.6) is 5.75 Å². The third-order valence-corrected chi connectivity index (χ3v) is 17.7. The highest BCUT2D eigenvalue weighted by Gasteiger charge is 2.47. The second kappa shape index (κ2) is 39.7. The molecule has 0 radical (unpaired) electrons. The molecule has 29 heteroatoms. The first-order chi connectivity index (χ1) is 46.3. The molecule has 2 aliphatic rings. The molecule has 8 N–H and O–H groups in total. The lowest BCUT2D eigenvalue weighted by atomic mass is 9.89. The van der Waals surface area contributed by atoms with Gasteiger partial charge in [0.1, 0.15) is 30.8 Å². The van der Waals surface area contributed by atoms with Gasteiger partial charge in [0, 0.05) is 70.6 Å². The van der Waals surface area contributed by atoms with Crippen LogP contribution in [0.4, 0.5) is 19.7 Å². The van der Waals surface area contributed by atoms with Gasteiger partial charge in [0.2, 0.25) is 41.4 Å². The summed E-state index contributed by atoms with van der Waals surface area (Å²) >= 11 is 0. The number of nitrogens with two attached hydrogens (primary N) is 1. The minimum Gasteiger partial charge on any atom is -0.494 e. The molecule has 0 spiro atoms. The van der Waals surface area contributed by atoms with Crippen LogP contribution < -0.4 is 42.4 Å². The molecule has 11 amide bonds. The highest BCUT2D eigenvalue weighted by molar-refractivity contribution is 6.12. The van der Waals surface area contributed by atoms with Crippen LogP contribution in [0, 0.1) is 35.4 Å². The summed E-state index contributed by atoms with van der Waals surface area (Å²) in [4.78, 5) is 166. The maximum Gasteiger partial charge on any atom is 0.508 e. The van der Waals surface area contributed by atoms with Crippen molar-refractivity contribution in [2.24, 2.45) is 35.3 Å². The average molecular weight is 1380 g/mol. The van der Waals surface area contributed by atoms with Crippen molar-refractivity contribution < 1.29 is 85.6 Å². The molecule has 28 nitrogen and oxygen atoms in total. The lowest BCUT2D eigenvalue weighted by molar-refractivity contribution is -0.148. The van der Waals surface area contributed by atoms with Gasteiger partial charge in [-0.05, 0) is 99.3 Å². The van der Waals surface area contributed by atoms with Gasteiger partial charge in [-0.25, -0.2) is 14.0 Å². The molecular formula is C69H104FN11O17. The Bertz CT molecular complexity index is 3080. The number of imide groups is 1. The van der Waals surface area contributed by atoms with E-state index in [2.05, 4.69) is 31.9 Å². The second-order valence-corrected chi connectivity index (χ2v) is 26.2. The molecule has 0 aromatic heterocycles. The maximum absolute atomic E-state index is 15.0. The number of nitrogens with zero attached hydrogens (tertiary/aromatic N) is 4. The fourth-order valence-corrected chi connectivity index (χ4v) is 12.2. The Labute approximate surface area is 574 Å². The molecule has 2 aliphatic heterocycles. The number of benzene rings is 2. The summed E-state index contributed by atoms with van der Waals surface area (Å²) in [5.41, 5.74) is 5.99. The van der Waals surface area contributed by atoms with Crippen molar-refractivity contribution in [1.29, 1.82) is 0 Å². The normalized spacial score (nSPS) is 17.3. The van der Waals surface area contributed by atoms with E-state index >= 15 is 4.79 Å². The zero-order valence-corrected chi connectivity index (χ0v) is 59.4. The standard InChI is InChI=1S/C69H104FN11O17/c1-16-42(8)61(79(12)67(91)59(40(4)5)77-66(90)60(41(6)7)78(10)11)53(95-14)35-57(86)81-37-47(34-50(81)62(96-15)43(9)63(87)73-36-51(82)45-25-28-52(94-13)48(70)33-45)98-69(93)97-38-44-23-26-46(27-24-44)74-64(88)49(21-20-31-72-68(71)92)75-65(89)58(39(2)3)76-54(83)22-18-17-19-32-80-55(84)29-30-56(80)85/h23-30,33,39-43,47,49-50,53,58-62H,16-22,31-32,34-38H2,1-15H3,(H,73,87)(H,74,88)(H,75,89)(H,76,83)(H,77,90)(H3,71,72,92)/t42-,43+,47-,49-,50-,53+,58-,59-,60-,61-,62+/m0/s1. The van der Waals surface area contributed by atoms with E-state index in [0.29, 0.717) is 36.9 Å². The number of methoxy groups -OCH3 is 3. The summed E-state index contributed by atoms with van der Waals surface area (Å²) in [6, 6.07) is 3.81. The molecule has 0 saturated carbocycles. The van der Waals surface area contributed by atoms with Crippen LogP contribution in [-0.4, -0.2) is 214 Å². The minimum absolute atomic E-state index is 0.0146. The van der Waals surface area contributed by atoms with Crippen molar-refractivity contribution in [3.63, 3.8) is 0 Å². The fourth-order valence-electron chi connectivity index (χ4n) is 12.2. The number of urea groups is 1. The van der Waals surface area contributed by atoms with Crippen molar-refractivity contribution in [1.82, 2.24) is 46.2 Å². The van der Waals surface area contributed by atoms with Gasteiger partial charge in [-0.1, -0.05) is 87.3 Å². The molecule has 0 aliphatic carbocycles. The van der Waals surface area contributed by atoms with E-state index in [-0.39, 0.29) is 111 Å². The van der Waals surface area contributed by atoms with Gasteiger partial charge in [-0.3, -0.25) is 57.7 Å². The average Bonchev–Trinajstić information content (AvgIpc) is 1.56. The molecular weight excluding hydrogens is 1270 g/mol. The number of primary amides is 1.